The molecule has 0 heterocycles. The number of benzene rings is 2. The van der Waals surface area contributed by atoms with Crippen LogP contribution < -0.4 is 5.73 Å². The number of hydrogen-bond acceptors (Lipinski definition) is 4. The van der Waals surface area contributed by atoms with Crippen LogP contribution in [0.15, 0.2) is 60.7 Å². The number of carbonyl (C=O) groups is 2. The van der Waals surface area contributed by atoms with Crippen LogP contribution >= 0.6 is 0 Å². The van der Waals surface area contributed by atoms with Crippen LogP contribution in [-0.4, -0.2) is 29.2 Å². The maximum atomic E-state index is 11.9. The lowest BCUT2D eigenvalue weighted by molar-refractivity contribution is -0.155. The van der Waals surface area contributed by atoms with Crippen LogP contribution in [0.25, 0.3) is 0 Å². The second-order valence-electron chi connectivity index (χ2n) is 7.07. The van der Waals surface area contributed by atoms with Crippen LogP contribution in [-0.2, 0) is 20.7 Å². The zero-order valence-corrected chi connectivity index (χ0v) is 15.2. The molecule has 3 N–H and O–H groups in total. The molecule has 0 aliphatic heterocycles. The molecular weight excluding hydrogens is 342 g/mol. The third kappa shape index (κ3) is 4.37. The lowest BCUT2D eigenvalue weighted by Crippen LogP contribution is -2.34. The minimum absolute atomic E-state index is 0.168. The normalized spacial score (nSPS) is 22.0. The average molecular weight is 367 g/mol. The Kier molecular flexibility index (Phi) is 5.91. The first kappa shape index (κ1) is 19.1. The minimum atomic E-state index is -1.000. The van der Waals surface area contributed by atoms with Gasteiger partial charge in [-0.1, -0.05) is 60.7 Å². The van der Waals surface area contributed by atoms with E-state index in [9.17, 15) is 14.7 Å². The van der Waals surface area contributed by atoms with Crippen molar-refractivity contribution in [2.24, 2.45) is 11.7 Å². The number of aryl methyl sites for hydroxylation is 1. The fourth-order valence-corrected chi connectivity index (χ4v) is 3.91. The second-order valence-corrected chi connectivity index (χ2v) is 7.07. The summed E-state index contributed by atoms with van der Waals surface area (Å²) in [5, 5.41) is 9.55. The molecule has 3 unspecified atom stereocenters. The summed E-state index contributed by atoms with van der Waals surface area (Å²) in [7, 11) is 0. The number of ether oxygens (including phenoxy) is 1. The fourth-order valence-electron chi connectivity index (χ4n) is 3.91. The maximum absolute atomic E-state index is 11.9. The first-order valence-electron chi connectivity index (χ1n) is 9.30. The van der Waals surface area contributed by atoms with Gasteiger partial charge in [0, 0.05) is 12.3 Å². The fraction of sp³-hybridized carbons (Fsp3) is 0.364. The predicted octanol–water partition coefficient (Wildman–Crippen LogP) is 3.14. The minimum Gasteiger partial charge on any atom is -0.481 e. The van der Waals surface area contributed by atoms with Gasteiger partial charge in [0.1, 0.15) is 11.5 Å². The molecule has 1 aliphatic carbocycles. The van der Waals surface area contributed by atoms with Gasteiger partial charge in [-0.2, -0.15) is 0 Å². The number of carboxylic acid groups (broad SMARTS) is 1. The Bertz CT molecular complexity index is 777. The highest BCUT2D eigenvalue weighted by molar-refractivity contribution is 5.79. The molecule has 3 atom stereocenters. The largest absolute Gasteiger partial charge is 0.481 e. The molecule has 2 aromatic rings. The van der Waals surface area contributed by atoms with Crippen molar-refractivity contribution in [2.45, 2.75) is 37.2 Å². The van der Waals surface area contributed by atoms with Gasteiger partial charge in [-0.3, -0.25) is 9.59 Å². The van der Waals surface area contributed by atoms with Gasteiger partial charge in [0.25, 0.3) is 0 Å². The van der Waals surface area contributed by atoms with Crippen LogP contribution in [0.5, 0.6) is 0 Å². The Balaban J connectivity index is 1.82. The number of carboxylic acids is 1. The number of nitrogens with two attached hydrogens (primary N) is 1. The standard InChI is InChI=1S/C22H25NO4/c23-15-20(24)27-22(14-19(22)21(25)26)18(17-11-5-2-6-12-17)13-7-10-16-8-3-1-4-9-16/h1-6,8-9,11-12,18-19H,7,10,13-15,23H2,(H,25,26). The molecule has 27 heavy (non-hydrogen) atoms. The molecule has 0 spiro atoms. The van der Waals surface area contributed by atoms with Gasteiger partial charge >= 0.3 is 11.9 Å². The van der Waals surface area contributed by atoms with Crippen molar-refractivity contribution in [3.05, 3.63) is 71.8 Å². The van der Waals surface area contributed by atoms with E-state index in [4.69, 9.17) is 10.5 Å². The molecule has 1 saturated carbocycles. The van der Waals surface area contributed by atoms with Crippen LogP contribution in [0.2, 0.25) is 0 Å². The SMILES string of the molecule is NCC(=O)OC1(C(CCCc2ccccc2)c2ccccc2)CC1C(=O)O. The van der Waals surface area contributed by atoms with Crippen molar-refractivity contribution in [2.75, 3.05) is 6.54 Å². The van der Waals surface area contributed by atoms with Gasteiger partial charge in [-0.25, -0.2) is 0 Å². The molecule has 0 saturated heterocycles. The Labute approximate surface area is 159 Å². The molecule has 2 aromatic carbocycles. The molecule has 1 fully saturated rings. The van der Waals surface area contributed by atoms with E-state index in [2.05, 4.69) is 12.1 Å². The summed E-state index contributed by atoms with van der Waals surface area (Å²) in [6.45, 7) is -0.250. The second kappa shape index (κ2) is 8.35. The quantitative estimate of drug-likeness (QED) is 0.665. The summed E-state index contributed by atoms with van der Waals surface area (Å²) in [4.78, 5) is 23.6. The zero-order valence-electron chi connectivity index (χ0n) is 15.2. The van der Waals surface area contributed by atoms with Crippen molar-refractivity contribution in [1.29, 1.82) is 0 Å². The van der Waals surface area contributed by atoms with Crippen molar-refractivity contribution in [3.63, 3.8) is 0 Å². The average Bonchev–Trinajstić information content (AvgIpc) is 3.41. The molecule has 0 bridgehead atoms. The summed E-state index contributed by atoms with van der Waals surface area (Å²) in [6.07, 6.45) is 2.83. The zero-order chi connectivity index (χ0) is 19.3. The van der Waals surface area contributed by atoms with Crippen LogP contribution in [0.1, 0.15) is 36.3 Å². The molecule has 0 radical (unpaired) electrons. The number of carbonyl (C=O) groups excluding carboxylic acids is 1. The lowest BCUT2D eigenvalue weighted by atomic mass is 9.85. The number of aliphatic carboxylic acids is 1. The van der Waals surface area contributed by atoms with Gasteiger partial charge in [-0.15, -0.1) is 0 Å². The molecule has 0 amide bonds. The van der Waals surface area contributed by atoms with Crippen molar-refractivity contribution < 1.29 is 19.4 Å². The Hall–Kier alpha value is -2.66. The Morgan fingerprint density at radius 2 is 1.74 bits per heavy atom. The van der Waals surface area contributed by atoms with E-state index in [1.807, 2.05) is 48.5 Å². The van der Waals surface area contributed by atoms with E-state index in [1.165, 1.54) is 5.56 Å². The first-order valence-corrected chi connectivity index (χ1v) is 9.30. The van der Waals surface area contributed by atoms with Crippen LogP contribution in [0.3, 0.4) is 0 Å². The van der Waals surface area contributed by atoms with E-state index in [-0.39, 0.29) is 12.5 Å². The highest BCUT2D eigenvalue weighted by atomic mass is 16.6. The van der Waals surface area contributed by atoms with Gasteiger partial charge in [0.2, 0.25) is 0 Å². The summed E-state index contributed by atoms with van der Waals surface area (Å²) in [6, 6.07) is 19.9. The molecule has 0 aromatic heterocycles. The monoisotopic (exact) mass is 367 g/mol. The summed E-state index contributed by atoms with van der Waals surface area (Å²) in [5.74, 6) is -2.33. The van der Waals surface area contributed by atoms with E-state index in [0.717, 1.165) is 24.8 Å². The van der Waals surface area contributed by atoms with Crippen LogP contribution in [0, 0.1) is 5.92 Å². The van der Waals surface area contributed by atoms with Gasteiger partial charge in [-0.05, 0) is 30.4 Å². The molecule has 1 aliphatic rings. The summed E-state index contributed by atoms with van der Waals surface area (Å²) < 4.78 is 5.65. The number of esters is 1. The van der Waals surface area contributed by atoms with Crippen molar-refractivity contribution in [3.8, 4) is 0 Å². The van der Waals surface area contributed by atoms with Crippen molar-refractivity contribution in [1.82, 2.24) is 0 Å². The van der Waals surface area contributed by atoms with E-state index in [1.54, 1.807) is 0 Å². The Morgan fingerprint density at radius 1 is 1.11 bits per heavy atom. The smallest absolute Gasteiger partial charge is 0.320 e. The number of hydrogen-bond donors (Lipinski definition) is 2. The molecule has 5 nitrogen and oxygen atoms in total. The van der Waals surface area contributed by atoms with Gasteiger partial charge in [0.15, 0.2) is 0 Å². The maximum Gasteiger partial charge on any atom is 0.320 e. The molecule has 142 valence electrons. The third-order valence-corrected chi connectivity index (χ3v) is 5.31. The summed E-state index contributed by atoms with van der Waals surface area (Å²) >= 11 is 0. The summed E-state index contributed by atoms with van der Waals surface area (Å²) in [5.41, 5.74) is 6.66. The number of rotatable bonds is 9. The first-order chi connectivity index (χ1) is 13.1. The van der Waals surface area contributed by atoms with Crippen molar-refractivity contribution >= 4 is 11.9 Å². The van der Waals surface area contributed by atoms with E-state index >= 15 is 0 Å². The molecule has 5 heteroatoms. The highest BCUT2D eigenvalue weighted by Crippen LogP contribution is 2.57. The molecule has 3 rings (SSSR count). The predicted molar refractivity (Wildman–Crippen MR) is 102 cm³/mol. The highest BCUT2D eigenvalue weighted by Gasteiger charge is 2.66. The third-order valence-electron chi connectivity index (χ3n) is 5.31. The Morgan fingerprint density at radius 3 is 2.30 bits per heavy atom. The van der Waals surface area contributed by atoms with Gasteiger partial charge < -0.3 is 15.6 Å². The lowest BCUT2D eigenvalue weighted by Gasteiger charge is -2.28. The topological polar surface area (TPSA) is 89.6 Å². The van der Waals surface area contributed by atoms with Gasteiger partial charge in [0.05, 0.1) is 6.54 Å². The van der Waals surface area contributed by atoms with E-state index in [0.29, 0.717) is 6.42 Å². The molecular formula is C22H25NO4. The van der Waals surface area contributed by atoms with E-state index < -0.39 is 23.5 Å². The van der Waals surface area contributed by atoms with Crippen LogP contribution in [0.4, 0.5) is 0 Å².